The molecule has 0 radical (unpaired) electrons. The Kier molecular flexibility index (Phi) is 5.88. The van der Waals surface area contributed by atoms with E-state index in [1.54, 1.807) is 18.2 Å². The lowest BCUT2D eigenvalue weighted by molar-refractivity contribution is -0.384. The van der Waals surface area contributed by atoms with Crippen LogP contribution in [0.5, 0.6) is 0 Å². The molecule has 0 unspecified atom stereocenters. The van der Waals surface area contributed by atoms with Crippen molar-refractivity contribution in [1.82, 2.24) is 0 Å². The summed E-state index contributed by atoms with van der Waals surface area (Å²) in [7, 11) is 0. The predicted octanol–water partition coefficient (Wildman–Crippen LogP) is 3.58. The molecule has 0 bridgehead atoms. The lowest BCUT2D eigenvalue weighted by atomic mass is 10.2. The second kappa shape index (κ2) is 8.29. The van der Waals surface area contributed by atoms with E-state index in [1.807, 2.05) is 6.07 Å². The van der Waals surface area contributed by atoms with E-state index in [0.717, 1.165) is 6.20 Å². The van der Waals surface area contributed by atoms with Crippen LogP contribution in [0.25, 0.3) is 0 Å². The number of carbonyl (C=O) groups is 1. The topological polar surface area (TPSA) is 132 Å². The van der Waals surface area contributed by atoms with Gasteiger partial charge < -0.3 is 10.6 Å². The number of carbonyl (C=O) groups excluding carboxylic acids is 1. The van der Waals surface area contributed by atoms with E-state index >= 15 is 0 Å². The van der Waals surface area contributed by atoms with Gasteiger partial charge in [-0.25, -0.2) is 0 Å². The molecule has 0 aliphatic rings. The van der Waals surface area contributed by atoms with Gasteiger partial charge in [0, 0.05) is 18.0 Å². The number of halogens is 1. The van der Waals surface area contributed by atoms with Crippen LogP contribution in [-0.2, 0) is 4.79 Å². The summed E-state index contributed by atoms with van der Waals surface area (Å²) < 4.78 is 0. The lowest BCUT2D eigenvalue weighted by Gasteiger charge is -2.07. The van der Waals surface area contributed by atoms with Gasteiger partial charge in [-0.2, -0.15) is 10.5 Å². The number of amides is 1. The molecule has 0 aliphatic carbocycles. The molecule has 0 heterocycles. The van der Waals surface area contributed by atoms with E-state index in [1.165, 1.54) is 30.3 Å². The maximum absolute atomic E-state index is 12.2. The summed E-state index contributed by atoms with van der Waals surface area (Å²) in [5.41, 5.74) is 0.202. The maximum Gasteiger partial charge on any atom is 0.289 e. The Hall–Kier alpha value is -3.88. The van der Waals surface area contributed by atoms with Crippen LogP contribution < -0.4 is 10.6 Å². The molecule has 2 N–H and O–H groups in total. The Morgan fingerprint density at radius 2 is 1.96 bits per heavy atom. The molecule has 2 aromatic carbocycles. The summed E-state index contributed by atoms with van der Waals surface area (Å²) in [6.45, 7) is 0. The van der Waals surface area contributed by atoms with Crippen LogP contribution in [0.4, 0.5) is 17.1 Å². The number of nitriles is 2. The molecule has 26 heavy (non-hydrogen) atoms. The minimum absolute atomic E-state index is 0.0316. The summed E-state index contributed by atoms with van der Waals surface area (Å²) in [5.74, 6) is -0.730. The quantitative estimate of drug-likeness (QED) is 0.359. The first kappa shape index (κ1) is 18.5. The average molecular weight is 368 g/mol. The number of nitro benzene ring substituents is 1. The first-order chi connectivity index (χ1) is 12.5. The first-order valence-corrected chi connectivity index (χ1v) is 7.45. The number of hydrogen-bond acceptors (Lipinski definition) is 6. The van der Waals surface area contributed by atoms with Gasteiger partial charge in [0.25, 0.3) is 11.6 Å². The van der Waals surface area contributed by atoms with Crippen LogP contribution in [0.3, 0.4) is 0 Å². The molecule has 0 aliphatic heterocycles. The number of benzene rings is 2. The van der Waals surface area contributed by atoms with Gasteiger partial charge in [-0.3, -0.25) is 14.9 Å². The highest BCUT2D eigenvalue weighted by Gasteiger charge is 2.14. The Morgan fingerprint density at radius 1 is 1.23 bits per heavy atom. The fourth-order valence-electron chi connectivity index (χ4n) is 1.93. The van der Waals surface area contributed by atoms with Gasteiger partial charge in [0.1, 0.15) is 22.7 Å². The second-order valence-corrected chi connectivity index (χ2v) is 5.26. The molecular weight excluding hydrogens is 358 g/mol. The summed E-state index contributed by atoms with van der Waals surface area (Å²) >= 11 is 5.72. The fourth-order valence-corrected chi connectivity index (χ4v) is 2.11. The molecule has 0 atom stereocenters. The Morgan fingerprint density at radius 3 is 2.62 bits per heavy atom. The molecule has 128 valence electrons. The second-order valence-electron chi connectivity index (χ2n) is 4.85. The fraction of sp³-hybridized carbons (Fsp3) is 0. The van der Waals surface area contributed by atoms with Gasteiger partial charge in [0.15, 0.2) is 0 Å². The first-order valence-electron chi connectivity index (χ1n) is 7.07. The van der Waals surface area contributed by atoms with Crippen molar-refractivity contribution in [2.45, 2.75) is 0 Å². The van der Waals surface area contributed by atoms with Crippen molar-refractivity contribution in [1.29, 1.82) is 10.5 Å². The van der Waals surface area contributed by atoms with Gasteiger partial charge in [-0.1, -0.05) is 23.7 Å². The van der Waals surface area contributed by atoms with Gasteiger partial charge in [-0.05, 0) is 24.3 Å². The molecule has 0 fully saturated rings. The number of nitro groups is 1. The summed E-state index contributed by atoms with van der Waals surface area (Å²) in [6, 6.07) is 13.9. The maximum atomic E-state index is 12.2. The molecule has 2 rings (SSSR count). The highest BCUT2D eigenvalue weighted by atomic mass is 35.5. The highest BCUT2D eigenvalue weighted by molar-refractivity contribution is 6.32. The molecule has 9 heteroatoms. The predicted molar refractivity (Wildman–Crippen MR) is 95.2 cm³/mol. The number of anilines is 2. The zero-order valence-corrected chi connectivity index (χ0v) is 13.8. The molecule has 0 saturated heterocycles. The minimum atomic E-state index is -0.730. The van der Waals surface area contributed by atoms with Crippen LogP contribution >= 0.6 is 11.6 Å². The summed E-state index contributed by atoms with van der Waals surface area (Å²) in [5, 5.41) is 34.1. The largest absolute Gasteiger partial charge is 0.360 e. The molecule has 2 aromatic rings. The third-order valence-corrected chi connectivity index (χ3v) is 3.51. The third kappa shape index (κ3) is 4.35. The van der Waals surface area contributed by atoms with Gasteiger partial charge in [0.05, 0.1) is 16.2 Å². The lowest BCUT2D eigenvalue weighted by Crippen LogP contribution is -2.15. The van der Waals surface area contributed by atoms with Crippen molar-refractivity contribution in [3.8, 4) is 12.1 Å². The van der Waals surface area contributed by atoms with Crippen LogP contribution in [-0.4, -0.2) is 10.8 Å². The van der Waals surface area contributed by atoms with Crippen LogP contribution in [0.15, 0.2) is 54.2 Å². The minimum Gasteiger partial charge on any atom is -0.360 e. The average Bonchev–Trinajstić information content (AvgIpc) is 2.63. The van der Waals surface area contributed by atoms with Crippen molar-refractivity contribution < 1.29 is 9.72 Å². The van der Waals surface area contributed by atoms with Gasteiger partial charge >= 0.3 is 0 Å². The van der Waals surface area contributed by atoms with Crippen LogP contribution in [0.2, 0.25) is 5.02 Å². The van der Waals surface area contributed by atoms with Crippen molar-refractivity contribution in [2.75, 3.05) is 10.6 Å². The zero-order valence-electron chi connectivity index (χ0n) is 13.1. The number of para-hydroxylation sites is 1. The molecule has 0 spiro atoms. The van der Waals surface area contributed by atoms with Crippen molar-refractivity contribution in [2.24, 2.45) is 0 Å². The van der Waals surface area contributed by atoms with E-state index in [-0.39, 0.29) is 33.2 Å². The van der Waals surface area contributed by atoms with E-state index in [9.17, 15) is 14.9 Å². The number of nitrogens with one attached hydrogen (secondary N) is 2. The van der Waals surface area contributed by atoms with Crippen LogP contribution in [0, 0.1) is 32.8 Å². The van der Waals surface area contributed by atoms with Crippen molar-refractivity contribution >= 4 is 34.6 Å². The Labute approximate surface area is 153 Å². The van der Waals surface area contributed by atoms with Gasteiger partial charge in [-0.15, -0.1) is 0 Å². The summed E-state index contributed by atoms with van der Waals surface area (Å²) in [4.78, 5) is 22.4. The number of nitrogens with zero attached hydrogens (tertiary/aromatic N) is 3. The number of rotatable bonds is 5. The normalized spacial score (nSPS) is 10.3. The smallest absolute Gasteiger partial charge is 0.289 e. The van der Waals surface area contributed by atoms with Crippen molar-refractivity contribution in [3.05, 3.63) is 74.9 Å². The number of hydrogen-bond donors (Lipinski definition) is 2. The molecular formula is C17H10ClN5O3. The van der Waals surface area contributed by atoms with Crippen LogP contribution in [0.1, 0.15) is 5.56 Å². The molecule has 1 amide bonds. The van der Waals surface area contributed by atoms with Crippen molar-refractivity contribution in [3.63, 3.8) is 0 Å². The molecule has 8 nitrogen and oxygen atoms in total. The standard InChI is InChI=1S/C17H10ClN5O3/c18-14-6-5-13(7-16(14)23(25)26)21-10-12(9-20)17(24)22-15-4-2-1-3-11(15)8-19/h1-7,10,21H,(H,22,24)/b12-10-. The monoisotopic (exact) mass is 367 g/mol. The van der Waals surface area contributed by atoms with E-state index < -0.39 is 10.8 Å². The highest BCUT2D eigenvalue weighted by Crippen LogP contribution is 2.27. The Balaban J connectivity index is 2.19. The van der Waals surface area contributed by atoms with E-state index in [4.69, 9.17) is 22.1 Å². The zero-order chi connectivity index (χ0) is 19.1. The SMILES string of the molecule is N#C/C(=C/Nc1ccc(Cl)c([N+](=O)[O-])c1)C(=O)Nc1ccccc1C#N. The summed E-state index contributed by atoms with van der Waals surface area (Å²) in [6.07, 6.45) is 1.11. The molecule has 0 aromatic heterocycles. The Bertz CT molecular complexity index is 989. The van der Waals surface area contributed by atoms with E-state index in [0.29, 0.717) is 0 Å². The molecule has 0 saturated carbocycles. The van der Waals surface area contributed by atoms with E-state index in [2.05, 4.69) is 10.6 Å². The van der Waals surface area contributed by atoms with Gasteiger partial charge in [0.2, 0.25) is 0 Å². The third-order valence-electron chi connectivity index (χ3n) is 3.19.